The number of rotatable bonds is 4. The molecule has 0 N–H and O–H groups in total. The van der Waals surface area contributed by atoms with E-state index in [9.17, 15) is 0 Å². The van der Waals surface area contributed by atoms with Crippen LogP contribution in [0.15, 0.2) is 34.7 Å². The lowest BCUT2D eigenvalue weighted by atomic mass is 9.89. The van der Waals surface area contributed by atoms with E-state index in [4.69, 9.17) is 9.15 Å². The highest BCUT2D eigenvalue weighted by atomic mass is 16.5. The number of hydrogen-bond donors (Lipinski definition) is 0. The van der Waals surface area contributed by atoms with Crippen molar-refractivity contribution in [2.45, 2.75) is 45.3 Å². The van der Waals surface area contributed by atoms with Crippen molar-refractivity contribution in [1.29, 1.82) is 0 Å². The standard InChI is InChI=1S/C16H20N2O2/c1-12-6-5-9-14(10-12)19-11-15-17-18-16(20-15)13-7-3-2-4-8-13/h2-4,7-8,12,14H,5-6,9-11H2,1H3/t12-,14+/m0/s1. The third-order valence-corrected chi connectivity index (χ3v) is 3.82. The van der Waals surface area contributed by atoms with Gasteiger partial charge in [-0.2, -0.15) is 0 Å². The topological polar surface area (TPSA) is 48.2 Å². The van der Waals surface area contributed by atoms with Gasteiger partial charge in [-0.25, -0.2) is 0 Å². The minimum absolute atomic E-state index is 0.339. The van der Waals surface area contributed by atoms with Crippen molar-refractivity contribution < 1.29 is 9.15 Å². The quantitative estimate of drug-likeness (QED) is 0.848. The van der Waals surface area contributed by atoms with Gasteiger partial charge < -0.3 is 9.15 Å². The minimum atomic E-state index is 0.339. The van der Waals surface area contributed by atoms with Crippen LogP contribution in [0.3, 0.4) is 0 Å². The SMILES string of the molecule is C[C@H]1CCC[C@@H](OCc2nnc(-c3ccccc3)o2)C1. The van der Waals surface area contributed by atoms with E-state index in [1.165, 1.54) is 12.8 Å². The molecule has 4 nitrogen and oxygen atoms in total. The molecule has 1 fully saturated rings. The molecule has 1 aliphatic carbocycles. The highest BCUT2D eigenvalue weighted by Gasteiger charge is 2.20. The van der Waals surface area contributed by atoms with Gasteiger partial charge in [0.15, 0.2) is 0 Å². The van der Waals surface area contributed by atoms with Crippen LogP contribution in [0.25, 0.3) is 11.5 Å². The minimum Gasteiger partial charge on any atom is -0.418 e. The third-order valence-electron chi connectivity index (χ3n) is 3.82. The first-order chi connectivity index (χ1) is 9.81. The Morgan fingerprint density at radius 3 is 2.85 bits per heavy atom. The second-order valence-electron chi connectivity index (χ2n) is 5.57. The zero-order chi connectivity index (χ0) is 13.8. The lowest BCUT2D eigenvalue weighted by molar-refractivity contribution is -0.00444. The van der Waals surface area contributed by atoms with Gasteiger partial charge in [-0.3, -0.25) is 0 Å². The van der Waals surface area contributed by atoms with E-state index in [1.54, 1.807) is 0 Å². The Balaban J connectivity index is 1.58. The molecule has 2 aromatic rings. The number of nitrogens with zero attached hydrogens (tertiary/aromatic N) is 2. The maximum atomic E-state index is 5.89. The zero-order valence-electron chi connectivity index (χ0n) is 11.8. The first-order valence-electron chi connectivity index (χ1n) is 7.30. The number of benzene rings is 1. The molecule has 0 amide bonds. The second kappa shape index (κ2) is 6.18. The number of hydrogen-bond acceptors (Lipinski definition) is 4. The fourth-order valence-corrected chi connectivity index (χ4v) is 2.73. The van der Waals surface area contributed by atoms with Crippen LogP contribution in [0.2, 0.25) is 0 Å². The van der Waals surface area contributed by atoms with Crippen molar-refractivity contribution >= 4 is 0 Å². The molecule has 0 saturated heterocycles. The van der Waals surface area contributed by atoms with E-state index in [0.29, 0.717) is 24.5 Å². The van der Waals surface area contributed by atoms with Crippen molar-refractivity contribution in [1.82, 2.24) is 10.2 Å². The predicted molar refractivity (Wildman–Crippen MR) is 75.9 cm³/mol. The Hall–Kier alpha value is -1.68. The van der Waals surface area contributed by atoms with E-state index in [0.717, 1.165) is 24.3 Å². The van der Waals surface area contributed by atoms with E-state index in [-0.39, 0.29) is 0 Å². The summed E-state index contributed by atoms with van der Waals surface area (Å²) < 4.78 is 11.5. The van der Waals surface area contributed by atoms with Gasteiger partial charge in [0.2, 0.25) is 11.8 Å². The van der Waals surface area contributed by atoms with Crippen molar-refractivity contribution in [3.8, 4) is 11.5 Å². The molecule has 2 atom stereocenters. The summed E-state index contributed by atoms with van der Waals surface area (Å²) in [6.45, 7) is 2.70. The molecule has 1 aromatic heterocycles. The molecular formula is C16H20N2O2. The van der Waals surface area contributed by atoms with Crippen LogP contribution in [-0.2, 0) is 11.3 Å². The number of ether oxygens (including phenoxy) is 1. The molecule has 3 rings (SSSR count). The summed E-state index contributed by atoms with van der Waals surface area (Å²) in [7, 11) is 0. The van der Waals surface area contributed by atoms with Gasteiger partial charge in [-0.1, -0.05) is 38.0 Å². The summed E-state index contributed by atoms with van der Waals surface area (Å²) in [5, 5.41) is 8.12. The Morgan fingerprint density at radius 1 is 1.20 bits per heavy atom. The summed E-state index contributed by atoms with van der Waals surface area (Å²) in [4.78, 5) is 0. The molecule has 0 aliphatic heterocycles. The molecule has 0 bridgehead atoms. The van der Waals surface area contributed by atoms with Crippen molar-refractivity contribution in [2.75, 3.05) is 0 Å². The van der Waals surface area contributed by atoms with Crippen LogP contribution in [0.5, 0.6) is 0 Å². The normalized spacial score (nSPS) is 22.9. The summed E-state index contributed by atoms with van der Waals surface area (Å²) in [5.74, 6) is 1.87. The smallest absolute Gasteiger partial charge is 0.247 e. The maximum Gasteiger partial charge on any atom is 0.247 e. The Labute approximate surface area is 119 Å². The second-order valence-corrected chi connectivity index (χ2v) is 5.57. The highest BCUT2D eigenvalue weighted by Crippen LogP contribution is 2.26. The average molecular weight is 272 g/mol. The number of aromatic nitrogens is 2. The Kier molecular flexibility index (Phi) is 4.11. The molecule has 1 aliphatic rings. The van der Waals surface area contributed by atoms with Gasteiger partial charge in [0, 0.05) is 5.56 Å². The van der Waals surface area contributed by atoms with E-state index in [2.05, 4.69) is 17.1 Å². The highest BCUT2D eigenvalue weighted by molar-refractivity contribution is 5.51. The summed E-state index contributed by atoms with van der Waals surface area (Å²) in [5.41, 5.74) is 0.942. The van der Waals surface area contributed by atoms with E-state index >= 15 is 0 Å². The van der Waals surface area contributed by atoms with Gasteiger partial charge in [0.05, 0.1) is 6.10 Å². The van der Waals surface area contributed by atoms with Crippen LogP contribution in [0.4, 0.5) is 0 Å². The van der Waals surface area contributed by atoms with Crippen LogP contribution < -0.4 is 0 Å². The van der Waals surface area contributed by atoms with Crippen molar-refractivity contribution in [3.63, 3.8) is 0 Å². The van der Waals surface area contributed by atoms with Gasteiger partial charge in [-0.05, 0) is 30.9 Å². The van der Waals surface area contributed by atoms with Crippen LogP contribution in [0, 0.1) is 5.92 Å². The molecule has 20 heavy (non-hydrogen) atoms. The largest absolute Gasteiger partial charge is 0.418 e. The van der Waals surface area contributed by atoms with Gasteiger partial charge in [0.25, 0.3) is 0 Å². The molecule has 1 heterocycles. The lowest BCUT2D eigenvalue weighted by Gasteiger charge is -2.26. The molecule has 0 unspecified atom stereocenters. The maximum absolute atomic E-state index is 5.89. The van der Waals surface area contributed by atoms with E-state index in [1.807, 2.05) is 30.3 Å². The molecule has 0 radical (unpaired) electrons. The molecule has 1 saturated carbocycles. The lowest BCUT2D eigenvalue weighted by Crippen LogP contribution is -2.21. The molecule has 106 valence electrons. The summed E-state index contributed by atoms with van der Waals surface area (Å²) in [6, 6.07) is 9.80. The summed E-state index contributed by atoms with van der Waals surface area (Å²) in [6.07, 6.45) is 5.19. The van der Waals surface area contributed by atoms with Gasteiger partial charge in [0.1, 0.15) is 6.61 Å². The third kappa shape index (κ3) is 3.25. The van der Waals surface area contributed by atoms with E-state index < -0.39 is 0 Å². The van der Waals surface area contributed by atoms with Crippen molar-refractivity contribution in [3.05, 3.63) is 36.2 Å². The first-order valence-corrected chi connectivity index (χ1v) is 7.30. The Morgan fingerprint density at radius 2 is 2.05 bits per heavy atom. The van der Waals surface area contributed by atoms with Gasteiger partial charge in [-0.15, -0.1) is 10.2 Å². The van der Waals surface area contributed by atoms with Crippen LogP contribution >= 0.6 is 0 Å². The molecular weight excluding hydrogens is 252 g/mol. The fourth-order valence-electron chi connectivity index (χ4n) is 2.73. The summed E-state index contributed by atoms with van der Waals surface area (Å²) >= 11 is 0. The first kappa shape index (κ1) is 13.3. The average Bonchev–Trinajstić information content (AvgIpc) is 2.95. The van der Waals surface area contributed by atoms with Crippen LogP contribution in [-0.4, -0.2) is 16.3 Å². The molecule has 0 spiro atoms. The molecule has 1 aromatic carbocycles. The molecule has 4 heteroatoms. The predicted octanol–water partition coefficient (Wildman–Crippen LogP) is 3.83. The van der Waals surface area contributed by atoms with Gasteiger partial charge >= 0.3 is 0 Å². The van der Waals surface area contributed by atoms with Crippen LogP contribution in [0.1, 0.15) is 38.5 Å². The monoisotopic (exact) mass is 272 g/mol. The zero-order valence-corrected chi connectivity index (χ0v) is 11.8. The van der Waals surface area contributed by atoms with Crippen molar-refractivity contribution in [2.24, 2.45) is 5.92 Å². The fraction of sp³-hybridized carbons (Fsp3) is 0.500. The Bertz CT molecular complexity index is 538.